The Balaban J connectivity index is 1.86. The van der Waals surface area contributed by atoms with Crippen molar-refractivity contribution >= 4 is 27.7 Å². The summed E-state index contributed by atoms with van der Waals surface area (Å²) in [6.45, 7) is 1.88. The fourth-order valence-electron chi connectivity index (χ4n) is 1.45. The zero-order valence-corrected chi connectivity index (χ0v) is 11.5. The van der Waals surface area contributed by atoms with E-state index in [1.54, 1.807) is 0 Å². The van der Waals surface area contributed by atoms with Crippen LogP contribution >= 0.6 is 27.7 Å². The summed E-state index contributed by atoms with van der Waals surface area (Å²) in [6, 6.07) is 1.89. The summed E-state index contributed by atoms with van der Waals surface area (Å²) in [5.41, 5.74) is 0. The number of aromatic amines is 1. The maximum Gasteiger partial charge on any atom is 0.214 e. The summed E-state index contributed by atoms with van der Waals surface area (Å²) >= 11 is 4.86. The molecule has 2 heterocycles. The monoisotopic (exact) mass is 311 g/mol. The van der Waals surface area contributed by atoms with Crippen LogP contribution in [0.5, 0.6) is 0 Å². The number of nitrogens with zero attached hydrogens (tertiary/aromatic N) is 4. The zero-order chi connectivity index (χ0) is 11.8. The van der Waals surface area contributed by atoms with Crippen LogP contribution in [0.3, 0.4) is 0 Å². The SMILES string of the molecule is Cc1nc(Sc2cc(Br)nc(C3CC3)n2)n[nH]1. The lowest BCUT2D eigenvalue weighted by atomic mass is 10.4. The van der Waals surface area contributed by atoms with Gasteiger partial charge in [-0.3, -0.25) is 5.10 Å². The molecule has 1 N–H and O–H groups in total. The minimum Gasteiger partial charge on any atom is -0.262 e. The average Bonchev–Trinajstić information content (AvgIpc) is 3.03. The van der Waals surface area contributed by atoms with Gasteiger partial charge in [0, 0.05) is 12.0 Å². The number of hydrogen-bond acceptors (Lipinski definition) is 5. The number of nitrogens with one attached hydrogen (secondary N) is 1. The van der Waals surface area contributed by atoms with E-state index in [-0.39, 0.29) is 0 Å². The summed E-state index contributed by atoms with van der Waals surface area (Å²) in [4.78, 5) is 13.2. The standard InChI is InChI=1S/C10H10BrN5S/c1-5-12-10(16-15-5)17-8-4-7(11)13-9(14-8)6-2-3-6/h4,6H,2-3H2,1H3,(H,12,15,16). The molecule has 2 aromatic heterocycles. The maximum atomic E-state index is 4.53. The van der Waals surface area contributed by atoms with Crippen molar-refractivity contribution in [2.45, 2.75) is 35.9 Å². The number of aromatic nitrogens is 5. The molecule has 3 rings (SSSR count). The van der Waals surface area contributed by atoms with Crippen LogP contribution in [-0.4, -0.2) is 25.1 Å². The minimum absolute atomic E-state index is 0.542. The Kier molecular flexibility index (Phi) is 2.87. The van der Waals surface area contributed by atoms with Gasteiger partial charge in [-0.2, -0.15) is 0 Å². The van der Waals surface area contributed by atoms with Gasteiger partial charge in [0.05, 0.1) is 0 Å². The van der Waals surface area contributed by atoms with Gasteiger partial charge in [0.15, 0.2) is 0 Å². The lowest BCUT2D eigenvalue weighted by molar-refractivity contribution is 0.863. The quantitative estimate of drug-likeness (QED) is 0.883. The Morgan fingerprint density at radius 3 is 2.82 bits per heavy atom. The Morgan fingerprint density at radius 2 is 2.18 bits per heavy atom. The smallest absolute Gasteiger partial charge is 0.214 e. The molecule has 5 nitrogen and oxygen atoms in total. The molecule has 0 aliphatic heterocycles. The van der Waals surface area contributed by atoms with Crippen molar-refractivity contribution in [1.82, 2.24) is 25.1 Å². The Morgan fingerprint density at radius 1 is 1.35 bits per heavy atom. The van der Waals surface area contributed by atoms with Crippen LogP contribution in [-0.2, 0) is 0 Å². The minimum atomic E-state index is 0.542. The Bertz CT molecular complexity index is 551. The molecule has 17 heavy (non-hydrogen) atoms. The highest BCUT2D eigenvalue weighted by atomic mass is 79.9. The van der Waals surface area contributed by atoms with Gasteiger partial charge in [0.25, 0.3) is 0 Å². The molecule has 0 amide bonds. The second kappa shape index (κ2) is 4.38. The highest BCUT2D eigenvalue weighted by Gasteiger charge is 2.27. The molecule has 2 aromatic rings. The fourth-order valence-corrected chi connectivity index (χ4v) is 2.77. The van der Waals surface area contributed by atoms with Crippen LogP contribution in [0.1, 0.15) is 30.4 Å². The second-order valence-corrected chi connectivity index (χ2v) is 5.77. The van der Waals surface area contributed by atoms with Gasteiger partial charge in [-0.15, -0.1) is 5.10 Å². The van der Waals surface area contributed by atoms with Gasteiger partial charge in [-0.1, -0.05) is 0 Å². The van der Waals surface area contributed by atoms with E-state index in [9.17, 15) is 0 Å². The predicted octanol–water partition coefficient (Wildman–Crippen LogP) is 2.69. The third-order valence-electron chi connectivity index (χ3n) is 2.40. The number of rotatable bonds is 3. The van der Waals surface area contributed by atoms with Crippen molar-refractivity contribution in [3.8, 4) is 0 Å². The fraction of sp³-hybridized carbons (Fsp3) is 0.400. The summed E-state index contributed by atoms with van der Waals surface area (Å²) in [7, 11) is 0. The third kappa shape index (κ3) is 2.66. The molecule has 0 aromatic carbocycles. The lowest BCUT2D eigenvalue weighted by Crippen LogP contribution is -1.94. The largest absolute Gasteiger partial charge is 0.262 e. The molecule has 88 valence electrons. The first-order valence-electron chi connectivity index (χ1n) is 5.32. The van der Waals surface area contributed by atoms with E-state index in [0.717, 1.165) is 21.3 Å². The first-order valence-corrected chi connectivity index (χ1v) is 6.93. The molecule has 0 bridgehead atoms. The third-order valence-corrected chi connectivity index (χ3v) is 3.59. The highest BCUT2D eigenvalue weighted by Crippen LogP contribution is 2.39. The number of H-pyrrole nitrogens is 1. The molecule has 0 atom stereocenters. The van der Waals surface area contributed by atoms with Crippen molar-refractivity contribution in [3.63, 3.8) is 0 Å². The van der Waals surface area contributed by atoms with Crippen molar-refractivity contribution in [1.29, 1.82) is 0 Å². The molecule has 0 spiro atoms. The molecular formula is C10H10BrN5S. The summed E-state index contributed by atoms with van der Waals surface area (Å²) in [5.74, 6) is 2.28. The summed E-state index contributed by atoms with van der Waals surface area (Å²) < 4.78 is 0.823. The van der Waals surface area contributed by atoms with Crippen LogP contribution in [0, 0.1) is 6.92 Å². The molecule has 7 heteroatoms. The van der Waals surface area contributed by atoms with Crippen molar-refractivity contribution < 1.29 is 0 Å². The van der Waals surface area contributed by atoms with E-state index in [0.29, 0.717) is 11.1 Å². The van der Waals surface area contributed by atoms with Gasteiger partial charge >= 0.3 is 0 Å². The molecule has 0 saturated heterocycles. The van der Waals surface area contributed by atoms with Crippen LogP contribution in [0.2, 0.25) is 0 Å². The molecule has 0 unspecified atom stereocenters. The van der Waals surface area contributed by atoms with Crippen molar-refractivity contribution in [2.75, 3.05) is 0 Å². The van der Waals surface area contributed by atoms with E-state index in [4.69, 9.17) is 0 Å². The van der Waals surface area contributed by atoms with E-state index in [1.165, 1.54) is 24.6 Å². The van der Waals surface area contributed by atoms with Gasteiger partial charge in [0.1, 0.15) is 21.3 Å². The molecule has 1 fully saturated rings. The zero-order valence-electron chi connectivity index (χ0n) is 9.14. The predicted molar refractivity (Wildman–Crippen MR) is 66.9 cm³/mol. The van der Waals surface area contributed by atoms with Gasteiger partial charge in [0.2, 0.25) is 5.16 Å². The second-order valence-electron chi connectivity index (χ2n) is 3.97. The molecule has 1 aliphatic carbocycles. The average molecular weight is 312 g/mol. The van der Waals surface area contributed by atoms with E-state index in [1.807, 2.05) is 13.0 Å². The highest BCUT2D eigenvalue weighted by molar-refractivity contribution is 9.10. The van der Waals surface area contributed by atoms with Gasteiger partial charge in [-0.25, -0.2) is 15.0 Å². The lowest BCUT2D eigenvalue weighted by Gasteiger charge is -2.01. The van der Waals surface area contributed by atoms with Crippen LogP contribution < -0.4 is 0 Å². The van der Waals surface area contributed by atoms with Crippen LogP contribution in [0.4, 0.5) is 0 Å². The molecule has 1 saturated carbocycles. The summed E-state index contributed by atoms with van der Waals surface area (Å²) in [5, 5.41) is 8.47. The van der Waals surface area contributed by atoms with Gasteiger partial charge in [-0.05, 0) is 47.5 Å². The van der Waals surface area contributed by atoms with Crippen LogP contribution in [0.25, 0.3) is 0 Å². The molecule has 0 radical (unpaired) electrons. The first kappa shape index (κ1) is 11.2. The Labute approximate surface area is 111 Å². The molecular weight excluding hydrogens is 302 g/mol. The number of halogens is 1. The number of aryl methyl sites for hydroxylation is 1. The normalized spacial score (nSPS) is 15.2. The van der Waals surface area contributed by atoms with Crippen molar-refractivity contribution in [3.05, 3.63) is 22.3 Å². The van der Waals surface area contributed by atoms with Crippen LogP contribution in [0.15, 0.2) is 20.9 Å². The maximum absolute atomic E-state index is 4.53. The molecule has 1 aliphatic rings. The van der Waals surface area contributed by atoms with Gasteiger partial charge < -0.3 is 0 Å². The van der Waals surface area contributed by atoms with E-state index in [2.05, 4.69) is 41.1 Å². The Hall–Kier alpha value is -0.950. The summed E-state index contributed by atoms with van der Waals surface area (Å²) in [6.07, 6.45) is 2.39. The topological polar surface area (TPSA) is 67.3 Å². The first-order chi connectivity index (χ1) is 8.20. The number of hydrogen-bond donors (Lipinski definition) is 1. The van der Waals surface area contributed by atoms with E-state index < -0.39 is 0 Å². The van der Waals surface area contributed by atoms with E-state index >= 15 is 0 Å². The van der Waals surface area contributed by atoms with Crippen molar-refractivity contribution in [2.24, 2.45) is 0 Å².